The number of nitrogens with zero attached hydrogens (tertiary/aromatic N) is 1. The number of allylic oxidation sites excluding steroid dienone is 1. The number of rotatable bonds is 7. The zero-order valence-electron chi connectivity index (χ0n) is 21.3. The third kappa shape index (κ3) is 6.35. The van der Waals surface area contributed by atoms with Crippen LogP contribution in [0.2, 0.25) is 0 Å². The van der Waals surface area contributed by atoms with E-state index >= 15 is 0 Å². The molecule has 7 nitrogen and oxygen atoms in total. The molecule has 1 aliphatic carbocycles. The number of amides is 1. The summed E-state index contributed by atoms with van der Waals surface area (Å²) in [6.45, 7) is 9.04. The zero-order chi connectivity index (χ0) is 25.6. The van der Waals surface area contributed by atoms with Gasteiger partial charge >= 0.3 is 0 Å². The van der Waals surface area contributed by atoms with Gasteiger partial charge in [0.15, 0.2) is 11.6 Å². The minimum atomic E-state index is -0.639. The molecule has 2 aliphatic heterocycles. The van der Waals surface area contributed by atoms with Crippen molar-refractivity contribution in [2.45, 2.75) is 84.1 Å². The Hall–Kier alpha value is -2.15. The van der Waals surface area contributed by atoms with Crippen molar-refractivity contribution in [3.05, 3.63) is 12.7 Å². The Bertz CT molecular complexity index is 833. The molecule has 0 aromatic rings. The maximum Gasteiger partial charge on any atom is 0.229 e. The minimum Gasteiger partial charge on any atom is -0.381 e. The van der Waals surface area contributed by atoms with Gasteiger partial charge in [-0.3, -0.25) is 19.2 Å². The number of carbonyl (C=O) groups is 5. The van der Waals surface area contributed by atoms with E-state index in [1.54, 1.807) is 11.0 Å². The van der Waals surface area contributed by atoms with Crippen LogP contribution in [0.4, 0.5) is 0 Å². The second-order valence-electron chi connectivity index (χ2n) is 11.1. The van der Waals surface area contributed by atoms with Gasteiger partial charge in [-0.15, -0.1) is 6.58 Å². The fourth-order valence-corrected chi connectivity index (χ4v) is 6.10. The van der Waals surface area contributed by atoms with Crippen molar-refractivity contribution < 1.29 is 28.7 Å². The average Bonchev–Trinajstić information content (AvgIpc) is 3.16. The summed E-state index contributed by atoms with van der Waals surface area (Å²) in [4.78, 5) is 65.7. The van der Waals surface area contributed by atoms with E-state index in [0.29, 0.717) is 26.0 Å². The van der Waals surface area contributed by atoms with Crippen LogP contribution >= 0.6 is 0 Å². The minimum absolute atomic E-state index is 0.0126. The number of piperidine rings is 1. The van der Waals surface area contributed by atoms with E-state index in [2.05, 4.69) is 20.4 Å². The molecule has 0 N–H and O–H groups in total. The molecule has 0 aromatic carbocycles. The SMILES string of the molecule is C=CCCC(=O)C(=O)[C@@H]1CCCCCCCOC[C@H](CC=O)C(=O)N2C[C@H]3[C@@H]([C@H]2C(=O)C1)C3(C)C. The van der Waals surface area contributed by atoms with Crippen LogP contribution in [-0.2, 0) is 28.7 Å². The van der Waals surface area contributed by atoms with Gasteiger partial charge in [-0.25, -0.2) is 0 Å². The molecule has 0 spiro atoms. The van der Waals surface area contributed by atoms with E-state index in [4.69, 9.17) is 4.74 Å². The Morgan fingerprint density at radius 3 is 2.57 bits per heavy atom. The van der Waals surface area contributed by atoms with Crippen LogP contribution < -0.4 is 0 Å². The predicted octanol–water partition coefficient (Wildman–Crippen LogP) is 3.73. The lowest BCUT2D eigenvalue weighted by atomic mass is 9.85. The third-order valence-corrected chi connectivity index (χ3v) is 8.38. The second-order valence-corrected chi connectivity index (χ2v) is 11.1. The highest BCUT2D eigenvalue weighted by Crippen LogP contribution is 2.65. The fraction of sp³-hybridized carbons (Fsp3) is 0.750. The van der Waals surface area contributed by atoms with Crippen molar-refractivity contribution >= 4 is 29.5 Å². The maximum atomic E-state index is 13.7. The summed E-state index contributed by atoms with van der Waals surface area (Å²) in [7, 11) is 0. The number of Topliss-reactive ketones (excluding diaryl/α,β-unsaturated/α-hetero) is 3. The summed E-state index contributed by atoms with van der Waals surface area (Å²) in [5.74, 6) is -2.22. The van der Waals surface area contributed by atoms with Gasteiger partial charge in [-0.2, -0.15) is 0 Å². The molecule has 35 heavy (non-hydrogen) atoms. The van der Waals surface area contributed by atoms with Crippen LogP contribution in [0.5, 0.6) is 0 Å². The van der Waals surface area contributed by atoms with Crippen LogP contribution in [0.3, 0.4) is 0 Å². The van der Waals surface area contributed by atoms with Crippen molar-refractivity contribution in [3.8, 4) is 0 Å². The van der Waals surface area contributed by atoms with E-state index < -0.39 is 29.4 Å². The Kier molecular flexibility index (Phi) is 9.56. The monoisotopic (exact) mass is 487 g/mol. The highest BCUT2D eigenvalue weighted by atomic mass is 16.5. The van der Waals surface area contributed by atoms with Gasteiger partial charge in [-0.05, 0) is 36.5 Å². The number of hydrogen-bond acceptors (Lipinski definition) is 6. The normalized spacial score (nSPS) is 31.8. The maximum absolute atomic E-state index is 13.7. The van der Waals surface area contributed by atoms with Gasteiger partial charge in [0, 0.05) is 38.3 Å². The van der Waals surface area contributed by atoms with Crippen LogP contribution in [0.1, 0.15) is 78.1 Å². The fourth-order valence-electron chi connectivity index (χ4n) is 6.10. The van der Waals surface area contributed by atoms with Crippen LogP contribution in [0.25, 0.3) is 0 Å². The number of fused-ring (bicyclic) bond motifs is 3. The lowest BCUT2D eigenvalue weighted by Gasteiger charge is -2.33. The van der Waals surface area contributed by atoms with E-state index in [1.807, 2.05) is 0 Å². The van der Waals surface area contributed by atoms with Crippen LogP contribution in [-0.4, -0.2) is 60.2 Å². The van der Waals surface area contributed by atoms with Crippen molar-refractivity contribution in [2.24, 2.45) is 29.1 Å². The smallest absolute Gasteiger partial charge is 0.229 e. The van der Waals surface area contributed by atoms with E-state index in [9.17, 15) is 24.0 Å². The summed E-state index contributed by atoms with van der Waals surface area (Å²) in [5.41, 5.74) is -0.0477. The zero-order valence-corrected chi connectivity index (χ0v) is 21.3. The molecule has 3 aliphatic rings. The first-order valence-corrected chi connectivity index (χ1v) is 13.3. The molecule has 0 aromatic heterocycles. The molecule has 5 atom stereocenters. The first-order chi connectivity index (χ1) is 16.7. The van der Waals surface area contributed by atoms with Gasteiger partial charge in [0.2, 0.25) is 11.7 Å². The second kappa shape index (κ2) is 12.2. The lowest BCUT2D eigenvalue weighted by molar-refractivity contribution is -0.146. The number of carbonyl (C=O) groups excluding carboxylic acids is 5. The average molecular weight is 488 g/mol. The third-order valence-electron chi connectivity index (χ3n) is 8.38. The summed E-state index contributed by atoms with van der Waals surface area (Å²) in [5, 5.41) is 0. The molecule has 7 heteroatoms. The summed E-state index contributed by atoms with van der Waals surface area (Å²) in [6.07, 6.45) is 8.00. The molecule has 2 heterocycles. The Morgan fingerprint density at radius 1 is 1.14 bits per heavy atom. The number of ether oxygens (including phenoxy) is 1. The molecule has 3 fully saturated rings. The van der Waals surface area contributed by atoms with Gasteiger partial charge in [0.25, 0.3) is 0 Å². The van der Waals surface area contributed by atoms with Gasteiger partial charge in [-0.1, -0.05) is 45.6 Å². The summed E-state index contributed by atoms with van der Waals surface area (Å²) < 4.78 is 5.75. The topological polar surface area (TPSA) is 97.8 Å². The molecular weight excluding hydrogens is 446 g/mol. The van der Waals surface area contributed by atoms with E-state index in [0.717, 1.165) is 38.4 Å². The largest absolute Gasteiger partial charge is 0.381 e. The van der Waals surface area contributed by atoms with Crippen molar-refractivity contribution in [2.75, 3.05) is 19.8 Å². The number of aldehydes is 1. The van der Waals surface area contributed by atoms with Crippen molar-refractivity contribution in [1.82, 2.24) is 4.90 Å². The Morgan fingerprint density at radius 2 is 1.86 bits per heavy atom. The van der Waals surface area contributed by atoms with Crippen LogP contribution in [0.15, 0.2) is 12.7 Å². The Balaban J connectivity index is 1.84. The molecule has 0 radical (unpaired) electrons. The lowest BCUT2D eigenvalue weighted by Crippen LogP contribution is -2.49. The van der Waals surface area contributed by atoms with Gasteiger partial charge in [0.05, 0.1) is 18.6 Å². The van der Waals surface area contributed by atoms with Gasteiger partial charge in [0.1, 0.15) is 6.29 Å². The Labute approximate surface area is 209 Å². The highest BCUT2D eigenvalue weighted by Gasteiger charge is 2.69. The number of hydrogen-bond donors (Lipinski definition) is 0. The first-order valence-electron chi connectivity index (χ1n) is 13.3. The van der Waals surface area contributed by atoms with Crippen LogP contribution in [0, 0.1) is 29.1 Å². The molecule has 2 saturated heterocycles. The van der Waals surface area contributed by atoms with Crippen molar-refractivity contribution in [3.63, 3.8) is 0 Å². The van der Waals surface area contributed by atoms with E-state index in [-0.39, 0.29) is 54.8 Å². The van der Waals surface area contributed by atoms with Gasteiger partial charge < -0.3 is 14.4 Å². The predicted molar refractivity (Wildman–Crippen MR) is 132 cm³/mol. The standard InChI is InChI=1S/C28H41NO6/c1-4-5-12-22(31)26(33)19-11-9-7-6-8-10-15-35-18-20(13-14-30)27(34)29-17-21-24(28(21,2)3)25(29)23(32)16-19/h4,14,19-21,24-25H,1,5-13,15-18H2,2-3H3/t19-,20+,21+,24+,25-/m1/s1. The highest BCUT2D eigenvalue weighted by molar-refractivity contribution is 6.38. The molecule has 1 amide bonds. The summed E-state index contributed by atoms with van der Waals surface area (Å²) in [6, 6.07) is -0.608. The molecule has 3 rings (SSSR count). The first kappa shape index (κ1) is 27.4. The molecule has 194 valence electrons. The van der Waals surface area contributed by atoms with E-state index in [1.165, 1.54) is 0 Å². The number of ketones is 3. The molecule has 0 unspecified atom stereocenters. The van der Waals surface area contributed by atoms with Crippen molar-refractivity contribution in [1.29, 1.82) is 0 Å². The summed E-state index contributed by atoms with van der Waals surface area (Å²) >= 11 is 0. The molecule has 1 saturated carbocycles. The molecular formula is C28H41NO6. The molecule has 0 bridgehead atoms. The quantitative estimate of drug-likeness (QED) is 0.308.